The number of imide groups is 4. The quantitative estimate of drug-likeness (QED) is 0.119. The van der Waals surface area contributed by atoms with Crippen LogP contribution in [0.3, 0.4) is 0 Å². The van der Waals surface area contributed by atoms with Crippen LogP contribution in [0.25, 0.3) is 0 Å². The Morgan fingerprint density at radius 3 is 0.831 bits per heavy atom. The summed E-state index contributed by atoms with van der Waals surface area (Å²) in [7, 11) is 0. The predicted molar refractivity (Wildman–Crippen MR) is 256 cm³/mol. The van der Waals surface area contributed by atoms with Gasteiger partial charge in [-0.05, 0) is 133 Å². The van der Waals surface area contributed by atoms with Crippen molar-refractivity contribution in [2.75, 3.05) is 19.6 Å². The van der Waals surface area contributed by atoms with E-state index in [0.717, 1.165) is 19.6 Å². The van der Waals surface area contributed by atoms with E-state index in [1.54, 1.807) is 140 Å². The molecule has 0 aliphatic carbocycles. The summed E-state index contributed by atoms with van der Waals surface area (Å²) in [5.41, 5.74) is 3.03. The molecule has 0 unspecified atom stereocenters. The van der Waals surface area contributed by atoms with Crippen molar-refractivity contribution >= 4 is 70.0 Å². The van der Waals surface area contributed by atoms with Gasteiger partial charge in [-0.3, -0.25) is 38.4 Å². The van der Waals surface area contributed by atoms with Crippen LogP contribution in [0.1, 0.15) is 82.9 Å². The third-order valence-corrected chi connectivity index (χ3v) is 12.4. The molecule has 8 aromatic carbocycles. The maximum absolute atomic E-state index is 13.8. The first kappa shape index (κ1) is 42.1. The van der Waals surface area contributed by atoms with Gasteiger partial charge in [0.1, 0.15) is 34.5 Å². The first-order valence-electron chi connectivity index (χ1n) is 22.0. The Labute approximate surface area is 401 Å². The van der Waals surface area contributed by atoms with Crippen molar-refractivity contribution in [2.24, 2.45) is 0 Å². The molecule has 15 heteroatoms. The molecule has 0 N–H and O–H groups in total. The SMILES string of the molecule is O=C1c2ccccc2C(=O)N1c1ccc(Oc2cccc(N3C(=O)c4ccc(Oc5ccc6c(c5)C(=O)N(c5ccc(Oc7cccc(N8C(=O)c9ccccc9C8=O)c7)cc5)C6=O)cc4C3=O)c2)cc1. The molecule has 0 saturated carbocycles. The lowest BCUT2D eigenvalue weighted by Gasteiger charge is -2.16. The smallest absolute Gasteiger partial charge is 0.266 e. The predicted octanol–water partition coefficient (Wildman–Crippen LogP) is 10.3. The standard InChI is InChI=1S/C56H30N4O11/c61-49-41-11-1-2-12-42(41)50(62)57(49)31-15-19-35(20-16-31)70-38-10-6-8-34(28-38)60-54(66)46-26-24-40(30-48(46)56(60)68)71-39-23-25-45-47(29-39)55(67)58(53(45)65)32-17-21-36(22-18-32)69-37-9-5-7-33(27-37)59-51(63)43-13-3-4-14-44(43)52(59)64/h1-30H. The summed E-state index contributed by atoms with van der Waals surface area (Å²) >= 11 is 0. The molecule has 0 saturated heterocycles. The van der Waals surface area contributed by atoms with Gasteiger partial charge in [-0.25, -0.2) is 19.6 Å². The van der Waals surface area contributed by atoms with Crippen LogP contribution in [0.2, 0.25) is 0 Å². The van der Waals surface area contributed by atoms with Crippen LogP contribution in [0, 0.1) is 0 Å². The minimum absolute atomic E-state index is 0.0871. The van der Waals surface area contributed by atoms with Crippen molar-refractivity contribution in [3.63, 3.8) is 0 Å². The minimum atomic E-state index is -0.602. The number of carbonyl (C=O) groups excluding carboxylic acids is 8. The van der Waals surface area contributed by atoms with E-state index in [-0.39, 0.29) is 45.1 Å². The zero-order valence-electron chi connectivity index (χ0n) is 36.6. The minimum Gasteiger partial charge on any atom is -0.457 e. The second-order valence-corrected chi connectivity index (χ2v) is 16.6. The lowest BCUT2D eigenvalue weighted by Crippen LogP contribution is -2.29. The van der Waals surface area contributed by atoms with Crippen LogP contribution >= 0.6 is 0 Å². The highest BCUT2D eigenvalue weighted by Crippen LogP contribution is 2.39. The molecule has 8 amide bonds. The molecule has 0 radical (unpaired) electrons. The summed E-state index contributed by atoms with van der Waals surface area (Å²) in [5, 5.41) is 0. The van der Waals surface area contributed by atoms with Gasteiger partial charge in [0.2, 0.25) is 0 Å². The highest BCUT2D eigenvalue weighted by molar-refractivity contribution is 6.37. The number of carbonyl (C=O) groups is 8. The van der Waals surface area contributed by atoms with E-state index in [4.69, 9.17) is 14.2 Å². The van der Waals surface area contributed by atoms with E-state index in [9.17, 15) is 38.4 Å². The summed E-state index contributed by atoms with van der Waals surface area (Å²) < 4.78 is 18.2. The third-order valence-electron chi connectivity index (χ3n) is 12.4. The van der Waals surface area contributed by atoms with Gasteiger partial charge >= 0.3 is 0 Å². The average molecular weight is 935 g/mol. The Kier molecular flexibility index (Phi) is 9.61. The number of hydrogen-bond acceptors (Lipinski definition) is 11. The lowest BCUT2D eigenvalue weighted by molar-refractivity contribution is 0.0910. The summed E-state index contributed by atoms with van der Waals surface area (Å²) in [4.78, 5) is 111. The van der Waals surface area contributed by atoms with Crippen molar-refractivity contribution in [1.82, 2.24) is 0 Å². The number of benzene rings is 8. The molecule has 4 aliphatic rings. The molecule has 12 rings (SSSR count). The number of rotatable bonds is 10. The molecule has 4 heterocycles. The molecule has 15 nitrogen and oxygen atoms in total. The number of nitrogens with zero attached hydrogens (tertiary/aromatic N) is 4. The first-order chi connectivity index (χ1) is 34.5. The number of amides is 8. The van der Waals surface area contributed by atoms with Crippen molar-refractivity contribution in [3.05, 3.63) is 226 Å². The van der Waals surface area contributed by atoms with Crippen LogP contribution in [0.4, 0.5) is 22.7 Å². The van der Waals surface area contributed by atoms with Crippen LogP contribution in [0.5, 0.6) is 34.5 Å². The van der Waals surface area contributed by atoms with Crippen molar-refractivity contribution < 1.29 is 52.6 Å². The van der Waals surface area contributed by atoms with Gasteiger partial charge < -0.3 is 14.2 Å². The van der Waals surface area contributed by atoms with Gasteiger partial charge in [0.15, 0.2) is 0 Å². The van der Waals surface area contributed by atoms with Gasteiger partial charge in [-0.2, -0.15) is 0 Å². The third kappa shape index (κ3) is 6.91. The van der Waals surface area contributed by atoms with E-state index in [1.807, 2.05) is 0 Å². The topological polar surface area (TPSA) is 177 Å². The van der Waals surface area contributed by atoms with Crippen molar-refractivity contribution in [2.45, 2.75) is 0 Å². The molecule has 0 bridgehead atoms. The zero-order chi connectivity index (χ0) is 48.7. The van der Waals surface area contributed by atoms with Crippen LogP contribution in [0.15, 0.2) is 182 Å². The molecular weight excluding hydrogens is 905 g/mol. The monoisotopic (exact) mass is 934 g/mol. The molecule has 0 aromatic heterocycles. The Balaban J connectivity index is 0.703. The number of fused-ring (bicyclic) bond motifs is 4. The van der Waals surface area contributed by atoms with E-state index < -0.39 is 47.3 Å². The maximum atomic E-state index is 13.8. The summed E-state index contributed by atoms with van der Waals surface area (Å²) in [6, 6.07) is 47.7. The lowest BCUT2D eigenvalue weighted by atomic mass is 10.1. The van der Waals surface area contributed by atoms with Gasteiger partial charge in [0, 0.05) is 12.1 Å². The largest absolute Gasteiger partial charge is 0.457 e. The van der Waals surface area contributed by atoms with Gasteiger partial charge in [-0.1, -0.05) is 36.4 Å². The molecule has 8 aromatic rings. The first-order valence-corrected chi connectivity index (χ1v) is 22.0. The number of anilines is 4. The van der Waals surface area contributed by atoms with Crippen LogP contribution in [-0.2, 0) is 0 Å². The molecule has 71 heavy (non-hydrogen) atoms. The average Bonchev–Trinajstić information content (AvgIpc) is 4.00. The summed E-state index contributed by atoms with van der Waals surface area (Å²) in [6.07, 6.45) is 0. The summed E-state index contributed by atoms with van der Waals surface area (Å²) in [6.45, 7) is 0. The normalized spacial score (nSPS) is 14.6. The number of hydrogen-bond donors (Lipinski definition) is 0. The van der Waals surface area contributed by atoms with Crippen molar-refractivity contribution in [1.29, 1.82) is 0 Å². The van der Waals surface area contributed by atoms with Gasteiger partial charge in [0.25, 0.3) is 47.3 Å². The molecule has 4 aliphatic heterocycles. The molecule has 0 spiro atoms. The zero-order valence-corrected chi connectivity index (χ0v) is 36.6. The van der Waals surface area contributed by atoms with Gasteiger partial charge in [-0.15, -0.1) is 0 Å². The van der Waals surface area contributed by atoms with E-state index in [2.05, 4.69) is 0 Å². The number of ether oxygens (including phenoxy) is 3. The fourth-order valence-corrected chi connectivity index (χ4v) is 8.99. The molecule has 340 valence electrons. The molecule has 0 atom stereocenters. The van der Waals surface area contributed by atoms with Gasteiger partial charge in [0.05, 0.1) is 67.3 Å². The van der Waals surface area contributed by atoms with Crippen molar-refractivity contribution in [3.8, 4) is 34.5 Å². The fraction of sp³-hybridized carbons (Fsp3) is 0. The van der Waals surface area contributed by atoms with E-state index in [1.165, 1.54) is 42.5 Å². The fourth-order valence-electron chi connectivity index (χ4n) is 8.99. The van der Waals surface area contributed by atoms with Crippen LogP contribution < -0.4 is 33.8 Å². The van der Waals surface area contributed by atoms with Crippen LogP contribution in [-0.4, -0.2) is 47.3 Å². The Morgan fingerprint density at radius 2 is 0.479 bits per heavy atom. The summed E-state index contributed by atoms with van der Waals surface area (Å²) in [5.74, 6) is -2.20. The molecular formula is C56H30N4O11. The second kappa shape index (κ2) is 16.2. The van der Waals surface area contributed by atoms with E-state index in [0.29, 0.717) is 56.6 Å². The highest BCUT2D eigenvalue weighted by atomic mass is 16.5. The van der Waals surface area contributed by atoms with E-state index >= 15 is 0 Å². The Hall–Kier alpha value is -10.3. The second-order valence-electron chi connectivity index (χ2n) is 16.6. The highest BCUT2D eigenvalue weighted by Gasteiger charge is 2.40. The Morgan fingerprint density at radius 1 is 0.211 bits per heavy atom. The molecule has 0 fully saturated rings. The Bertz CT molecular complexity index is 3650. The maximum Gasteiger partial charge on any atom is 0.266 e.